The van der Waals surface area contributed by atoms with Crippen molar-refractivity contribution >= 4 is 11.6 Å². The predicted octanol–water partition coefficient (Wildman–Crippen LogP) is 4.07. The van der Waals surface area contributed by atoms with E-state index in [0.29, 0.717) is 41.2 Å². The highest BCUT2D eigenvalue weighted by Gasteiger charge is 2.30. The lowest BCUT2D eigenvalue weighted by Gasteiger charge is -2.20. The van der Waals surface area contributed by atoms with Crippen molar-refractivity contribution in [1.29, 1.82) is 0 Å². The van der Waals surface area contributed by atoms with E-state index in [9.17, 15) is 19.7 Å². The van der Waals surface area contributed by atoms with Gasteiger partial charge in [0.1, 0.15) is 0 Å². The van der Waals surface area contributed by atoms with Crippen molar-refractivity contribution in [3.63, 3.8) is 0 Å². The predicted molar refractivity (Wildman–Crippen MR) is 136 cm³/mol. The minimum atomic E-state index is -0.559. The smallest absolute Gasteiger partial charge is 0.269 e. The molecule has 1 aliphatic carbocycles. The highest BCUT2D eigenvalue weighted by atomic mass is 16.6. The number of hydrogen-bond donors (Lipinski definition) is 1. The molecule has 0 spiro atoms. The van der Waals surface area contributed by atoms with Gasteiger partial charge in [0.2, 0.25) is 11.2 Å². The third kappa shape index (κ3) is 4.77. The number of aryl methyl sites for hydroxylation is 1. The number of rotatable bonds is 7. The molecule has 3 aromatic rings. The molecule has 4 rings (SSSR count). The van der Waals surface area contributed by atoms with E-state index in [2.05, 4.69) is 5.32 Å². The van der Waals surface area contributed by atoms with Gasteiger partial charge in [-0.3, -0.25) is 19.7 Å². The van der Waals surface area contributed by atoms with Gasteiger partial charge in [-0.25, -0.2) is 0 Å². The molecule has 10 heteroatoms. The highest BCUT2D eigenvalue weighted by molar-refractivity contribution is 5.95. The van der Waals surface area contributed by atoms with Gasteiger partial charge in [-0.1, -0.05) is 6.07 Å². The van der Waals surface area contributed by atoms with Gasteiger partial charge in [0, 0.05) is 23.3 Å². The van der Waals surface area contributed by atoms with Gasteiger partial charge in [0.05, 0.1) is 39.4 Å². The summed E-state index contributed by atoms with van der Waals surface area (Å²) in [5.74, 6) is 1.07. The summed E-state index contributed by atoms with van der Waals surface area (Å²) in [5, 5.41) is 14.0. The standard InChI is InChI=1S/C27H26N2O8/c1-34-22-12-10-18-19(14-21(22)30)20(28-27(31)15-5-8-17(9-6-15)29(32)33)11-7-16-13-23(35-2)25(36-3)26(37-4)24(16)18/h5-6,8-10,12-14,20H,7,11H2,1-4H3,(H,28,31)/t20-/m0/s1. The maximum atomic E-state index is 13.2. The summed E-state index contributed by atoms with van der Waals surface area (Å²) in [5.41, 5.74) is 2.65. The molecule has 1 amide bonds. The monoisotopic (exact) mass is 506 g/mol. The van der Waals surface area contributed by atoms with Crippen LogP contribution in [0.1, 0.15) is 33.9 Å². The second-order valence-corrected chi connectivity index (χ2v) is 8.33. The molecule has 0 heterocycles. The molecule has 0 saturated carbocycles. The molecule has 3 aromatic carbocycles. The van der Waals surface area contributed by atoms with Crippen LogP contribution in [-0.2, 0) is 6.42 Å². The molecular formula is C27H26N2O8. The zero-order valence-electron chi connectivity index (χ0n) is 20.8. The van der Waals surface area contributed by atoms with Crippen molar-refractivity contribution in [2.75, 3.05) is 28.4 Å². The molecule has 0 unspecified atom stereocenters. The average Bonchev–Trinajstić information content (AvgIpc) is 3.15. The number of fused-ring (bicyclic) bond motifs is 3. The van der Waals surface area contributed by atoms with E-state index in [1.54, 1.807) is 12.1 Å². The summed E-state index contributed by atoms with van der Waals surface area (Å²) in [6.07, 6.45) is 0.990. The summed E-state index contributed by atoms with van der Waals surface area (Å²) in [7, 11) is 5.99. The van der Waals surface area contributed by atoms with Gasteiger partial charge in [-0.05, 0) is 59.9 Å². The van der Waals surface area contributed by atoms with E-state index < -0.39 is 16.9 Å². The maximum absolute atomic E-state index is 13.2. The van der Waals surface area contributed by atoms with Crippen molar-refractivity contribution in [1.82, 2.24) is 5.32 Å². The second-order valence-electron chi connectivity index (χ2n) is 8.33. The number of non-ortho nitro benzene ring substituents is 1. The SMILES string of the molecule is COc1cc2c(c(OC)c1OC)-c1ccc(OC)c(=O)cc1[C@@H](NC(=O)c1ccc([N+](=O)[O-])cc1)CC2. The molecule has 0 radical (unpaired) electrons. The number of amides is 1. The molecular weight excluding hydrogens is 480 g/mol. The summed E-state index contributed by atoms with van der Waals surface area (Å²) in [6, 6.07) is 11.4. The number of nitro groups is 1. The fourth-order valence-corrected chi connectivity index (χ4v) is 4.59. The zero-order valence-corrected chi connectivity index (χ0v) is 20.8. The van der Waals surface area contributed by atoms with Gasteiger partial charge in [0.25, 0.3) is 11.6 Å². The molecule has 0 fully saturated rings. The fraction of sp³-hybridized carbons (Fsp3) is 0.259. The first-order valence-electron chi connectivity index (χ1n) is 11.4. The van der Waals surface area contributed by atoms with Crippen LogP contribution in [0.25, 0.3) is 11.1 Å². The Morgan fingerprint density at radius 1 is 0.919 bits per heavy atom. The number of nitro benzene ring substituents is 1. The molecule has 0 saturated heterocycles. The van der Waals surface area contributed by atoms with Gasteiger partial charge < -0.3 is 24.3 Å². The number of ether oxygens (including phenoxy) is 4. The molecule has 10 nitrogen and oxygen atoms in total. The van der Waals surface area contributed by atoms with Crippen molar-refractivity contribution in [2.24, 2.45) is 0 Å². The van der Waals surface area contributed by atoms with E-state index >= 15 is 0 Å². The molecule has 0 aromatic heterocycles. The summed E-state index contributed by atoms with van der Waals surface area (Å²) >= 11 is 0. The zero-order chi connectivity index (χ0) is 26.7. The van der Waals surface area contributed by atoms with Crippen LogP contribution in [0.15, 0.2) is 53.3 Å². The Hall–Kier alpha value is -4.60. The first-order valence-corrected chi connectivity index (χ1v) is 11.4. The lowest BCUT2D eigenvalue weighted by molar-refractivity contribution is -0.384. The molecule has 1 N–H and O–H groups in total. The lowest BCUT2D eigenvalue weighted by atomic mass is 9.95. The van der Waals surface area contributed by atoms with Crippen molar-refractivity contribution in [2.45, 2.75) is 18.9 Å². The Morgan fingerprint density at radius 2 is 1.59 bits per heavy atom. The number of nitrogens with zero attached hydrogens (tertiary/aromatic N) is 1. The van der Waals surface area contributed by atoms with E-state index in [4.69, 9.17) is 18.9 Å². The molecule has 0 aliphatic heterocycles. The van der Waals surface area contributed by atoms with Crippen LogP contribution in [0.5, 0.6) is 23.0 Å². The van der Waals surface area contributed by atoms with E-state index in [1.165, 1.54) is 58.8 Å². The van der Waals surface area contributed by atoms with Gasteiger partial charge in [0.15, 0.2) is 17.2 Å². The Bertz CT molecular complexity index is 1420. The number of hydrogen-bond acceptors (Lipinski definition) is 8. The third-order valence-corrected chi connectivity index (χ3v) is 6.37. The highest BCUT2D eigenvalue weighted by Crippen LogP contribution is 2.50. The lowest BCUT2D eigenvalue weighted by Crippen LogP contribution is -2.29. The fourth-order valence-electron chi connectivity index (χ4n) is 4.59. The number of carbonyl (C=O) groups is 1. The molecule has 1 atom stereocenters. The van der Waals surface area contributed by atoms with Crippen LogP contribution in [0.2, 0.25) is 0 Å². The van der Waals surface area contributed by atoms with Crippen LogP contribution in [0.4, 0.5) is 5.69 Å². The molecule has 192 valence electrons. The van der Waals surface area contributed by atoms with Gasteiger partial charge >= 0.3 is 0 Å². The third-order valence-electron chi connectivity index (χ3n) is 6.37. The first-order chi connectivity index (χ1) is 17.8. The van der Waals surface area contributed by atoms with Crippen molar-refractivity contribution in [3.05, 3.63) is 85.6 Å². The summed E-state index contributed by atoms with van der Waals surface area (Å²) in [4.78, 5) is 36.5. The summed E-state index contributed by atoms with van der Waals surface area (Å²) in [6.45, 7) is 0. The van der Waals surface area contributed by atoms with Crippen molar-refractivity contribution in [3.8, 4) is 34.1 Å². The van der Waals surface area contributed by atoms with Gasteiger partial charge in [-0.15, -0.1) is 0 Å². The number of nitrogens with one attached hydrogen (secondary N) is 1. The Labute approximate surface area is 212 Å². The van der Waals surface area contributed by atoms with E-state index in [0.717, 1.165) is 11.1 Å². The molecule has 0 bridgehead atoms. The second kappa shape index (κ2) is 10.6. The Kier molecular flexibility index (Phi) is 7.28. The van der Waals surface area contributed by atoms with E-state index in [-0.39, 0.29) is 22.4 Å². The largest absolute Gasteiger partial charge is 0.493 e. The first kappa shape index (κ1) is 25.5. The number of carbonyl (C=O) groups excluding carboxylic acids is 1. The minimum Gasteiger partial charge on any atom is -0.493 e. The summed E-state index contributed by atoms with van der Waals surface area (Å²) < 4.78 is 22.2. The maximum Gasteiger partial charge on any atom is 0.269 e. The quantitative estimate of drug-likeness (QED) is 0.375. The number of benzene rings is 2. The molecule has 1 aliphatic rings. The number of methoxy groups -OCH3 is 4. The van der Waals surface area contributed by atoms with Crippen LogP contribution >= 0.6 is 0 Å². The Morgan fingerprint density at radius 3 is 2.19 bits per heavy atom. The topological polar surface area (TPSA) is 126 Å². The normalized spacial score (nSPS) is 13.9. The van der Waals surface area contributed by atoms with Crippen LogP contribution in [0.3, 0.4) is 0 Å². The van der Waals surface area contributed by atoms with E-state index in [1.807, 2.05) is 6.07 Å². The van der Waals surface area contributed by atoms with Gasteiger partial charge in [-0.2, -0.15) is 0 Å². The van der Waals surface area contributed by atoms with Crippen LogP contribution in [-0.4, -0.2) is 39.3 Å². The van der Waals surface area contributed by atoms with Crippen molar-refractivity contribution < 1.29 is 28.7 Å². The Balaban J connectivity index is 1.88. The van der Waals surface area contributed by atoms with Crippen LogP contribution < -0.4 is 29.7 Å². The van der Waals surface area contributed by atoms with Crippen LogP contribution in [0, 0.1) is 10.1 Å². The minimum absolute atomic E-state index is 0.114. The molecule has 37 heavy (non-hydrogen) atoms. The average molecular weight is 507 g/mol.